The molecule has 0 spiro atoms. The number of urea groups is 1. The molecule has 1 atom stereocenters. The number of hydrogen-bond acceptors (Lipinski definition) is 3. The summed E-state index contributed by atoms with van der Waals surface area (Å²) in [6.07, 6.45) is 2.13. The topological polar surface area (TPSA) is 70.6 Å². The van der Waals surface area contributed by atoms with Crippen LogP contribution < -0.4 is 15.4 Å². The van der Waals surface area contributed by atoms with Crippen molar-refractivity contribution < 1.29 is 14.6 Å². The molecule has 1 aromatic rings. The van der Waals surface area contributed by atoms with E-state index in [2.05, 4.69) is 10.6 Å². The van der Waals surface area contributed by atoms with E-state index in [1.165, 1.54) is 0 Å². The fourth-order valence-electron chi connectivity index (χ4n) is 2.33. The first-order chi connectivity index (χ1) is 10.0. The number of carbonyl (C=O) groups excluding carboxylic acids is 1. The highest BCUT2D eigenvalue weighted by molar-refractivity contribution is 5.74. The first-order valence-corrected chi connectivity index (χ1v) is 7.40. The minimum atomic E-state index is -0.512. The second kappa shape index (κ2) is 6.80. The van der Waals surface area contributed by atoms with Crippen molar-refractivity contribution in [2.45, 2.75) is 32.2 Å². The Balaban J connectivity index is 1.67. The number of ether oxygens (including phenoxy) is 1. The van der Waals surface area contributed by atoms with Gasteiger partial charge in [-0.1, -0.05) is 12.1 Å². The third-order valence-electron chi connectivity index (χ3n) is 3.85. The van der Waals surface area contributed by atoms with Gasteiger partial charge >= 0.3 is 6.03 Å². The average molecular weight is 292 g/mol. The van der Waals surface area contributed by atoms with Gasteiger partial charge in [-0.2, -0.15) is 0 Å². The summed E-state index contributed by atoms with van der Waals surface area (Å²) in [5.41, 5.74) is 0.628. The summed E-state index contributed by atoms with van der Waals surface area (Å²) in [5, 5.41) is 15.0. The van der Waals surface area contributed by atoms with Crippen molar-refractivity contribution in [3.63, 3.8) is 0 Å². The normalized spacial score (nSPS) is 16.9. The van der Waals surface area contributed by atoms with E-state index in [0.29, 0.717) is 19.1 Å². The van der Waals surface area contributed by atoms with Crippen LogP contribution >= 0.6 is 0 Å². The number of amides is 2. The molecule has 1 aliphatic carbocycles. The summed E-state index contributed by atoms with van der Waals surface area (Å²) in [6.45, 7) is 4.69. The number of benzene rings is 1. The van der Waals surface area contributed by atoms with Crippen LogP contribution in [-0.2, 0) is 0 Å². The van der Waals surface area contributed by atoms with E-state index < -0.39 is 5.54 Å². The number of aliphatic hydroxyl groups excluding tert-OH is 1. The SMILES string of the molecule is Cc1cccc(OCCNC(=O)NC(C)(CO)C2CC2)c1. The summed E-state index contributed by atoms with van der Waals surface area (Å²) < 4.78 is 5.56. The van der Waals surface area contributed by atoms with Crippen LogP contribution in [-0.4, -0.2) is 36.4 Å². The summed E-state index contributed by atoms with van der Waals surface area (Å²) in [5.74, 6) is 1.19. The highest BCUT2D eigenvalue weighted by Crippen LogP contribution is 2.39. The van der Waals surface area contributed by atoms with Crippen molar-refractivity contribution in [2.24, 2.45) is 5.92 Å². The third kappa shape index (κ3) is 4.63. The number of rotatable bonds is 7. The Kier molecular flexibility index (Phi) is 5.07. The Bertz CT molecular complexity index is 488. The molecule has 2 amide bonds. The lowest BCUT2D eigenvalue weighted by Crippen LogP contribution is -2.54. The molecule has 1 saturated carbocycles. The van der Waals surface area contributed by atoms with Gasteiger partial charge in [0, 0.05) is 0 Å². The number of carbonyl (C=O) groups is 1. The summed E-state index contributed by atoms with van der Waals surface area (Å²) >= 11 is 0. The van der Waals surface area contributed by atoms with Crippen molar-refractivity contribution in [1.82, 2.24) is 10.6 Å². The molecule has 5 nitrogen and oxygen atoms in total. The van der Waals surface area contributed by atoms with Crippen molar-refractivity contribution in [2.75, 3.05) is 19.8 Å². The van der Waals surface area contributed by atoms with Crippen LogP contribution in [0.5, 0.6) is 5.75 Å². The van der Waals surface area contributed by atoms with Gasteiger partial charge in [0.15, 0.2) is 0 Å². The van der Waals surface area contributed by atoms with E-state index in [0.717, 1.165) is 24.2 Å². The van der Waals surface area contributed by atoms with Gasteiger partial charge in [-0.25, -0.2) is 4.79 Å². The Labute approximate surface area is 125 Å². The Morgan fingerprint density at radius 1 is 1.48 bits per heavy atom. The molecule has 2 rings (SSSR count). The summed E-state index contributed by atoms with van der Waals surface area (Å²) in [4.78, 5) is 11.8. The van der Waals surface area contributed by atoms with Gasteiger partial charge in [-0.3, -0.25) is 0 Å². The standard InChI is InChI=1S/C16H24N2O3/c1-12-4-3-5-14(10-12)21-9-8-17-15(20)18-16(2,11-19)13-6-7-13/h3-5,10,13,19H,6-9,11H2,1-2H3,(H2,17,18,20). The molecule has 116 valence electrons. The van der Waals surface area contributed by atoms with Crippen molar-refractivity contribution in [3.8, 4) is 5.75 Å². The molecular formula is C16H24N2O3. The molecule has 1 aromatic carbocycles. The van der Waals surface area contributed by atoms with E-state index in [4.69, 9.17) is 4.74 Å². The molecule has 1 fully saturated rings. The Morgan fingerprint density at radius 3 is 2.86 bits per heavy atom. The monoisotopic (exact) mass is 292 g/mol. The fourth-order valence-corrected chi connectivity index (χ4v) is 2.33. The largest absolute Gasteiger partial charge is 0.492 e. The minimum absolute atomic E-state index is 0.0368. The van der Waals surface area contributed by atoms with Gasteiger partial charge in [-0.05, 0) is 50.3 Å². The van der Waals surface area contributed by atoms with E-state index in [1.807, 2.05) is 38.1 Å². The van der Waals surface area contributed by atoms with Gasteiger partial charge in [0.25, 0.3) is 0 Å². The van der Waals surface area contributed by atoms with E-state index in [-0.39, 0.29) is 12.6 Å². The van der Waals surface area contributed by atoms with Gasteiger partial charge < -0.3 is 20.5 Å². The van der Waals surface area contributed by atoms with Gasteiger partial charge in [0.1, 0.15) is 12.4 Å². The minimum Gasteiger partial charge on any atom is -0.492 e. The van der Waals surface area contributed by atoms with Crippen LogP contribution in [0.15, 0.2) is 24.3 Å². The van der Waals surface area contributed by atoms with Gasteiger partial charge in [0.2, 0.25) is 0 Å². The lowest BCUT2D eigenvalue weighted by molar-refractivity contribution is 0.154. The maximum absolute atomic E-state index is 11.8. The average Bonchev–Trinajstić information content (AvgIpc) is 3.28. The third-order valence-corrected chi connectivity index (χ3v) is 3.85. The van der Waals surface area contributed by atoms with Crippen LogP contribution in [0.3, 0.4) is 0 Å². The number of aryl methyl sites for hydroxylation is 1. The molecule has 5 heteroatoms. The molecular weight excluding hydrogens is 268 g/mol. The zero-order chi connectivity index (χ0) is 15.3. The number of hydrogen-bond donors (Lipinski definition) is 3. The predicted molar refractivity (Wildman–Crippen MR) is 81.4 cm³/mol. The molecule has 3 N–H and O–H groups in total. The van der Waals surface area contributed by atoms with Crippen LogP contribution in [0.2, 0.25) is 0 Å². The van der Waals surface area contributed by atoms with Gasteiger partial charge in [-0.15, -0.1) is 0 Å². The van der Waals surface area contributed by atoms with E-state index in [9.17, 15) is 9.90 Å². The molecule has 0 aromatic heterocycles. The maximum atomic E-state index is 11.8. The Hall–Kier alpha value is -1.75. The summed E-state index contributed by atoms with van der Waals surface area (Å²) in [6, 6.07) is 7.53. The predicted octanol–water partition coefficient (Wildman–Crippen LogP) is 1.83. The van der Waals surface area contributed by atoms with Crippen LogP contribution in [0.1, 0.15) is 25.3 Å². The lowest BCUT2D eigenvalue weighted by atomic mass is 9.97. The second-order valence-electron chi connectivity index (χ2n) is 5.90. The van der Waals surface area contributed by atoms with Crippen LogP contribution in [0.4, 0.5) is 4.79 Å². The Morgan fingerprint density at radius 2 is 2.24 bits per heavy atom. The highest BCUT2D eigenvalue weighted by atomic mass is 16.5. The fraction of sp³-hybridized carbons (Fsp3) is 0.562. The van der Waals surface area contributed by atoms with Crippen LogP contribution in [0, 0.1) is 12.8 Å². The second-order valence-corrected chi connectivity index (χ2v) is 5.90. The lowest BCUT2D eigenvalue weighted by Gasteiger charge is -2.28. The maximum Gasteiger partial charge on any atom is 0.315 e. The molecule has 0 heterocycles. The van der Waals surface area contributed by atoms with Crippen molar-refractivity contribution >= 4 is 6.03 Å². The van der Waals surface area contributed by atoms with E-state index in [1.54, 1.807) is 0 Å². The number of nitrogens with one attached hydrogen (secondary N) is 2. The molecule has 21 heavy (non-hydrogen) atoms. The molecule has 0 aliphatic heterocycles. The zero-order valence-electron chi connectivity index (χ0n) is 12.7. The van der Waals surface area contributed by atoms with Gasteiger partial charge in [0.05, 0.1) is 18.7 Å². The molecule has 1 unspecified atom stereocenters. The first kappa shape index (κ1) is 15.6. The molecule has 0 bridgehead atoms. The molecule has 1 aliphatic rings. The highest BCUT2D eigenvalue weighted by Gasteiger charge is 2.42. The smallest absolute Gasteiger partial charge is 0.315 e. The van der Waals surface area contributed by atoms with Crippen molar-refractivity contribution in [1.29, 1.82) is 0 Å². The first-order valence-electron chi connectivity index (χ1n) is 7.40. The number of aliphatic hydroxyl groups is 1. The van der Waals surface area contributed by atoms with E-state index >= 15 is 0 Å². The summed E-state index contributed by atoms with van der Waals surface area (Å²) in [7, 11) is 0. The molecule has 0 radical (unpaired) electrons. The molecule has 0 saturated heterocycles. The van der Waals surface area contributed by atoms with Crippen LogP contribution in [0.25, 0.3) is 0 Å². The quantitative estimate of drug-likeness (QED) is 0.672. The van der Waals surface area contributed by atoms with Crippen molar-refractivity contribution in [3.05, 3.63) is 29.8 Å². The zero-order valence-corrected chi connectivity index (χ0v) is 12.7.